The largest absolute Gasteiger partial charge is 0.490 e. The first-order valence-corrected chi connectivity index (χ1v) is 16.4. The van der Waals surface area contributed by atoms with Crippen LogP contribution in [0.25, 0.3) is 0 Å². The van der Waals surface area contributed by atoms with E-state index in [9.17, 15) is 47.6 Å². The van der Waals surface area contributed by atoms with Gasteiger partial charge in [-0.2, -0.15) is 8.62 Å². The first kappa shape index (κ1) is 33.1. The first-order chi connectivity index (χ1) is 19.9. The van der Waals surface area contributed by atoms with E-state index in [4.69, 9.17) is 9.47 Å². The number of H-pyrrole nitrogens is 2. The number of aryl methyl sites for hydroxylation is 2. The Hall–Kier alpha value is -2.83. The molecule has 0 saturated carbocycles. The minimum Gasteiger partial charge on any atom is -0.344 e. The summed E-state index contributed by atoms with van der Waals surface area (Å²) < 4.78 is 66.9. The van der Waals surface area contributed by atoms with Crippen molar-refractivity contribution in [1.82, 2.24) is 19.1 Å². The molecule has 0 bridgehead atoms. The number of hydrogen-bond acceptors (Lipinski definition) is 13. The monoisotopic (exact) mass is 670 g/mol. The first-order valence-electron chi connectivity index (χ1n) is 12.0. The Labute approximate surface area is 239 Å². The van der Waals surface area contributed by atoms with Crippen LogP contribution in [0, 0.1) is 13.8 Å². The van der Waals surface area contributed by atoms with Gasteiger partial charge in [-0.05, 0) is 26.0 Å². The van der Waals surface area contributed by atoms with Crippen LogP contribution in [0.15, 0.2) is 55.9 Å². The molecular formula is C20H25N4O16P3. The average Bonchev–Trinajstić information content (AvgIpc) is 3.55. The van der Waals surface area contributed by atoms with Crippen molar-refractivity contribution in [2.45, 2.75) is 38.5 Å². The summed E-state index contributed by atoms with van der Waals surface area (Å²) in [5.41, 5.74) is -2.34. The number of nitrogens with zero attached hydrogens (tertiary/aromatic N) is 2. The van der Waals surface area contributed by atoms with Gasteiger partial charge in [0.05, 0.1) is 13.2 Å². The van der Waals surface area contributed by atoms with E-state index in [-0.39, 0.29) is 11.1 Å². The third-order valence-corrected chi connectivity index (χ3v) is 9.92. The van der Waals surface area contributed by atoms with Crippen LogP contribution in [0.3, 0.4) is 0 Å². The zero-order valence-corrected chi connectivity index (χ0v) is 24.8. The molecule has 0 fully saturated rings. The fraction of sp³-hybridized carbons (Fsp3) is 0.400. The number of rotatable bonds is 12. The highest BCUT2D eigenvalue weighted by atomic mass is 31.3. The van der Waals surface area contributed by atoms with Crippen LogP contribution in [0.1, 0.15) is 23.6 Å². The van der Waals surface area contributed by atoms with Crippen LogP contribution in [-0.2, 0) is 40.8 Å². The highest BCUT2D eigenvalue weighted by molar-refractivity contribution is 7.66. The van der Waals surface area contributed by atoms with Gasteiger partial charge in [-0.25, -0.2) is 23.3 Å². The lowest BCUT2D eigenvalue weighted by molar-refractivity contribution is -0.0118. The molecule has 0 spiro atoms. The van der Waals surface area contributed by atoms with Gasteiger partial charge in [-0.1, -0.05) is 12.2 Å². The highest BCUT2D eigenvalue weighted by Gasteiger charge is 2.43. The molecule has 2 aromatic rings. The van der Waals surface area contributed by atoms with E-state index < -0.39 is 83.8 Å². The Morgan fingerprint density at radius 1 is 0.698 bits per heavy atom. The number of ether oxygens (including phenoxy) is 2. The minimum absolute atomic E-state index is 0.211. The molecule has 0 amide bonds. The number of aromatic nitrogens is 4. The highest BCUT2D eigenvalue weighted by Crippen LogP contribution is 2.67. The lowest BCUT2D eigenvalue weighted by atomic mass is 10.3. The van der Waals surface area contributed by atoms with E-state index in [1.165, 1.54) is 50.5 Å². The van der Waals surface area contributed by atoms with E-state index in [1.807, 2.05) is 0 Å². The molecule has 4 heterocycles. The van der Waals surface area contributed by atoms with Gasteiger partial charge in [0, 0.05) is 23.5 Å². The molecule has 0 aliphatic carbocycles. The number of hydrogen-bond donors (Lipinski definition) is 5. The lowest BCUT2D eigenvalue weighted by Gasteiger charge is -2.21. The van der Waals surface area contributed by atoms with Crippen molar-refractivity contribution in [1.29, 1.82) is 0 Å². The molecule has 4 rings (SSSR count). The topological polar surface area (TPSA) is 277 Å². The average molecular weight is 670 g/mol. The number of nitrogens with one attached hydrogen (secondary N) is 2. The molecule has 0 saturated heterocycles. The molecular weight excluding hydrogens is 645 g/mol. The van der Waals surface area contributed by atoms with E-state index in [0.29, 0.717) is 0 Å². The Kier molecular flexibility index (Phi) is 9.73. The zero-order valence-electron chi connectivity index (χ0n) is 22.1. The summed E-state index contributed by atoms with van der Waals surface area (Å²) in [6.45, 7) is 1.43. The van der Waals surface area contributed by atoms with E-state index in [2.05, 4.69) is 27.6 Å². The summed E-state index contributed by atoms with van der Waals surface area (Å²) >= 11 is 0. The second-order valence-corrected chi connectivity index (χ2v) is 13.7. The summed E-state index contributed by atoms with van der Waals surface area (Å²) in [5, 5.41) is 0. The summed E-state index contributed by atoms with van der Waals surface area (Å²) in [6.07, 6.45) is 3.74. The van der Waals surface area contributed by atoms with Crippen molar-refractivity contribution in [2.75, 3.05) is 13.2 Å². The van der Waals surface area contributed by atoms with Gasteiger partial charge in [0.25, 0.3) is 11.1 Å². The van der Waals surface area contributed by atoms with E-state index in [0.717, 1.165) is 9.13 Å². The standard InChI is InChI=1S/C20H25N4O16P3/c1-11-7-23(19(27)21-17(11)25)15-5-3-13(37-15)9-35-41(29,30)39-43(33,34)40-42(31,32)36-10-14-4-6-16(38-14)24-8-12(2)18(26)22-20(24)28/h3-8,13-16H,9-10H2,1-2H3,(H,29,30)(H,31,32)(H,33,34)(H,21,25,27)(H,22,26,28)/t13-,14+,15+,16-. The van der Waals surface area contributed by atoms with Crippen LogP contribution in [0.5, 0.6) is 0 Å². The number of aromatic amines is 2. The van der Waals surface area contributed by atoms with Crippen molar-refractivity contribution in [3.05, 3.63) is 89.5 Å². The molecule has 0 radical (unpaired) electrons. The predicted octanol–water partition coefficient (Wildman–Crippen LogP) is -0.0216. The number of phosphoric ester groups is 2. The Balaban J connectivity index is 1.26. The van der Waals surface area contributed by atoms with Gasteiger partial charge in [-0.3, -0.25) is 37.7 Å². The second kappa shape index (κ2) is 12.6. The maximum atomic E-state index is 12.2. The third kappa shape index (κ3) is 8.63. The smallest absolute Gasteiger partial charge is 0.344 e. The van der Waals surface area contributed by atoms with Crippen LogP contribution in [0.2, 0.25) is 0 Å². The van der Waals surface area contributed by atoms with Crippen LogP contribution in [0.4, 0.5) is 0 Å². The van der Waals surface area contributed by atoms with Crippen molar-refractivity contribution in [3.63, 3.8) is 0 Å². The third-order valence-electron chi connectivity index (χ3n) is 5.67. The van der Waals surface area contributed by atoms with Crippen LogP contribution < -0.4 is 22.5 Å². The predicted molar refractivity (Wildman–Crippen MR) is 142 cm³/mol. The van der Waals surface area contributed by atoms with Gasteiger partial charge in [-0.15, -0.1) is 0 Å². The molecule has 43 heavy (non-hydrogen) atoms. The fourth-order valence-electron chi connectivity index (χ4n) is 3.69. The second-order valence-electron chi connectivity index (χ2n) is 9.02. The van der Waals surface area contributed by atoms with Crippen molar-refractivity contribution in [3.8, 4) is 0 Å². The normalized spacial score (nSPS) is 25.8. The summed E-state index contributed by atoms with van der Waals surface area (Å²) in [4.78, 5) is 80.7. The van der Waals surface area contributed by atoms with Gasteiger partial charge < -0.3 is 24.2 Å². The summed E-state index contributed by atoms with van der Waals surface area (Å²) in [5.74, 6) is 0. The molecule has 2 aliphatic heterocycles. The molecule has 236 valence electrons. The zero-order chi connectivity index (χ0) is 31.7. The van der Waals surface area contributed by atoms with Gasteiger partial charge in [0.2, 0.25) is 0 Å². The lowest BCUT2D eigenvalue weighted by Crippen LogP contribution is -2.33. The van der Waals surface area contributed by atoms with E-state index >= 15 is 0 Å². The molecule has 2 aliphatic rings. The maximum Gasteiger partial charge on any atom is 0.490 e. The van der Waals surface area contributed by atoms with Crippen LogP contribution >= 0.6 is 23.5 Å². The van der Waals surface area contributed by atoms with Crippen molar-refractivity contribution in [2.24, 2.45) is 0 Å². The van der Waals surface area contributed by atoms with Gasteiger partial charge >= 0.3 is 34.8 Å². The fourth-order valence-corrected chi connectivity index (χ4v) is 7.21. The van der Waals surface area contributed by atoms with Crippen molar-refractivity contribution < 1.29 is 55.5 Å². The quantitative estimate of drug-likeness (QED) is 0.147. The molecule has 0 aromatic carbocycles. The van der Waals surface area contributed by atoms with Crippen molar-refractivity contribution >= 4 is 23.5 Å². The van der Waals surface area contributed by atoms with Gasteiger partial charge in [0.15, 0.2) is 12.5 Å². The Morgan fingerprint density at radius 2 is 1.07 bits per heavy atom. The SMILES string of the molecule is Cc1cn([C@@H]2C=C[C@H](COP(=O)(O)OP(=O)(O)OP(=O)(O)OC[C@@H]3C=C[C@H](n4cc(C)c(=O)[nH]c4=O)O3)O2)c(=O)[nH]c1=O. The molecule has 23 heteroatoms. The molecule has 20 nitrogen and oxygen atoms in total. The van der Waals surface area contributed by atoms with Gasteiger partial charge in [0.1, 0.15) is 12.2 Å². The minimum atomic E-state index is -5.76. The summed E-state index contributed by atoms with van der Waals surface area (Å²) in [7, 11) is -16.6. The van der Waals surface area contributed by atoms with E-state index in [1.54, 1.807) is 0 Å². The van der Waals surface area contributed by atoms with Crippen LogP contribution in [-0.4, -0.2) is 59.2 Å². The molecule has 5 N–H and O–H groups in total. The Bertz CT molecular complexity index is 1700. The number of phosphoric acid groups is 3. The summed E-state index contributed by atoms with van der Waals surface area (Å²) in [6, 6.07) is 0. The molecule has 3 unspecified atom stereocenters. The molecule has 2 aromatic heterocycles. The Morgan fingerprint density at radius 3 is 1.44 bits per heavy atom. The molecule has 7 atom stereocenters. The maximum absolute atomic E-state index is 12.2.